The minimum Gasteiger partial charge on any atom is -0.466 e. The van der Waals surface area contributed by atoms with Gasteiger partial charge in [0.15, 0.2) is 9.84 Å². The zero-order chi connectivity index (χ0) is 12.2. The number of carbonyl (C=O) groups excluding carboxylic acids is 1. The van der Waals surface area contributed by atoms with E-state index < -0.39 is 15.8 Å². The van der Waals surface area contributed by atoms with Crippen molar-refractivity contribution in [3.63, 3.8) is 0 Å². The highest BCUT2D eigenvalue weighted by molar-refractivity contribution is 7.94. The number of hydrogen-bond acceptors (Lipinski definition) is 4. The van der Waals surface area contributed by atoms with Crippen LogP contribution in [0, 0.1) is 0 Å². The fourth-order valence-corrected chi connectivity index (χ4v) is 2.00. The van der Waals surface area contributed by atoms with E-state index in [1.54, 1.807) is 0 Å². The Morgan fingerprint density at radius 1 is 1.31 bits per heavy atom. The maximum Gasteiger partial charge on any atom is 0.331 e. The zero-order valence-corrected chi connectivity index (χ0v) is 9.96. The van der Waals surface area contributed by atoms with Crippen molar-refractivity contribution in [3.8, 4) is 0 Å². The number of benzene rings is 1. The Bertz CT molecular complexity index is 502. The van der Waals surface area contributed by atoms with Crippen LogP contribution < -0.4 is 0 Å². The fourth-order valence-electron chi connectivity index (χ4n) is 0.916. The number of carbonyl (C=O) groups is 1. The average Bonchev–Trinajstić information content (AvgIpc) is 2.26. The van der Waals surface area contributed by atoms with E-state index in [0.29, 0.717) is 5.02 Å². The molecule has 0 amide bonds. The van der Waals surface area contributed by atoms with Gasteiger partial charge >= 0.3 is 5.97 Å². The summed E-state index contributed by atoms with van der Waals surface area (Å²) >= 11 is 5.62. The van der Waals surface area contributed by atoms with Crippen LogP contribution >= 0.6 is 11.6 Å². The largest absolute Gasteiger partial charge is 0.466 e. The second kappa shape index (κ2) is 5.14. The van der Waals surface area contributed by atoms with E-state index in [4.69, 9.17) is 11.6 Å². The minimum absolute atomic E-state index is 0.0667. The van der Waals surface area contributed by atoms with Crippen molar-refractivity contribution in [2.24, 2.45) is 0 Å². The van der Waals surface area contributed by atoms with Crippen molar-refractivity contribution in [2.75, 3.05) is 7.11 Å². The van der Waals surface area contributed by atoms with Gasteiger partial charge in [-0.25, -0.2) is 13.2 Å². The molecule has 1 aromatic rings. The van der Waals surface area contributed by atoms with Crippen LogP contribution in [0.25, 0.3) is 0 Å². The smallest absolute Gasteiger partial charge is 0.331 e. The van der Waals surface area contributed by atoms with Crippen LogP contribution in [-0.4, -0.2) is 21.5 Å². The van der Waals surface area contributed by atoms with Gasteiger partial charge in [-0.2, -0.15) is 0 Å². The third kappa shape index (κ3) is 3.36. The van der Waals surface area contributed by atoms with Gasteiger partial charge < -0.3 is 4.74 Å². The lowest BCUT2D eigenvalue weighted by Crippen LogP contribution is -1.99. The summed E-state index contributed by atoms with van der Waals surface area (Å²) in [6, 6.07) is 5.64. The Balaban J connectivity index is 2.99. The lowest BCUT2D eigenvalue weighted by Gasteiger charge is -1.98. The molecular formula is C10H9ClO4S. The molecule has 0 aliphatic heterocycles. The number of halogens is 1. The predicted octanol–water partition coefficient (Wildman–Crippen LogP) is 1.80. The SMILES string of the molecule is COC(=O)/C=C/S(=O)(=O)c1ccc(Cl)cc1. The molecule has 0 saturated carbocycles. The number of rotatable bonds is 3. The fraction of sp³-hybridized carbons (Fsp3) is 0.100. The van der Waals surface area contributed by atoms with E-state index in [2.05, 4.69) is 4.74 Å². The summed E-state index contributed by atoms with van der Waals surface area (Å²) < 4.78 is 27.5. The molecule has 6 heteroatoms. The van der Waals surface area contributed by atoms with Crippen molar-refractivity contribution in [1.82, 2.24) is 0 Å². The third-order valence-corrected chi connectivity index (χ3v) is 3.40. The number of esters is 1. The van der Waals surface area contributed by atoms with Gasteiger partial charge in [0.05, 0.1) is 12.0 Å². The molecule has 0 spiro atoms. The van der Waals surface area contributed by atoms with Crippen LogP contribution in [0.5, 0.6) is 0 Å². The molecule has 0 aliphatic rings. The molecule has 0 fully saturated rings. The monoisotopic (exact) mass is 260 g/mol. The Kier molecular flexibility index (Phi) is 4.09. The zero-order valence-electron chi connectivity index (χ0n) is 8.38. The van der Waals surface area contributed by atoms with Gasteiger partial charge in [0, 0.05) is 16.5 Å². The normalized spacial score (nSPS) is 11.6. The molecule has 16 heavy (non-hydrogen) atoms. The summed E-state index contributed by atoms with van der Waals surface area (Å²) in [5.74, 6) is -0.725. The Labute approximate surface area is 98.4 Å². The average molecular weight is 261 g/mol. The highest BCUT2D eigenvalue weighted by Gasteiger charge is 2.10. The van der Waals surface area contributed by atoms with Gasteiger partial charge in [-0.3, -0.25) is 0 Å². The van der Waals surface area contributed by atoms with Gasteiger partial charge in [-0.15, -0.1) is 0 Å². The summed E-state index contributed by atoms with van der Waals surface area (Å²) in [5.41, 5.74) is 0. The molecule has 0 radical (unpaired) electrons. The number of methoxy groups -OCH3 is 1. The van der Waals surface area contributed by atoms with Gasteiger partial charge in [0.2, 0.25) is 0 Å². The highest BCUT2D eigenvalue weighted by Crippen LogP contribution is 2.15. The number of ether oxygens (including phenoxy) is 1. The van der Waals surface area contributed by atoms with Gasteiger partial charge in [0.25, 0.3) is 0 Å². The second-order valence-electron chi connectivity index (χ2n) is 2.82. The summed E-state index contributed by atoms with van der Waals surface area (Å²) in [6.45, 7) is 0. The van der Waals surface area contributed by atoms with Crippen LogP contribution in [0.2, 0.25) is 5.02 Å². The number of sulfone groups is 1. The first-order valence-corrected chi connectivity index (χ1v) is 6.15. The summed E-state index contributed by atoms with van der Waals surface area (Å²) in [6.07, 6.45) is 0.851. The van der Waals surface area contributed by atoms with Crippen LogP contribution in [0.3, 0.4) is 0 Å². The molecule has 0 N–H and O–H groups in total. The van der Waals surface area contributed by atoms with Gasteiger partial charge in [-0.05, 0) is 24.3 Å². The van der Waals surface area contributed by atoms with Crippen LogP contribution in [0.15, 0.2) is 40.6 Å². The Morgan fingerprint density at radius 2 is 1.88 bits per heavy atom. The van der Waals surface area contributed by atoms with Crippen molar-refractivity contribution < 1.29 is 17.9 Å². The maximum absolute atomic E-state index is 11.6. The van der Waals surface area contributed by atoms with E-state index in [-0.39, 0.29) is 4.90 Å². The first-order valence-electron chi connectivity index (χ1n) is 4.22. The first kappa shape index (κ1) is 12.7. The molecule has 0 heterocycles. The topological polar surface area (TPSA) is 60.4 Å². The molecule has 0 aliphatic carbocycles. The van der Waals surface area contributed by atoms with E-state index in [1.807, 2.05) is 0 Å². The molecule has 4 nitrogen and oxygen atoms in total. The molecular weight excluding hydrogens is 252 g/mol. The van der Waals surface area contributed by atoms with E-state index in [0.717, 1.165) is 11.5 Å². The molecule has 0 unspecified atom stereocenters. The minimum atomic E-state index is -3.62. The first-order chi connectivity index (χ1) is 7.45. The van der Waals surface area contributed by atoms with E-state index >= 15 is 0 Å². The predicted molar refractivity (Wildman–Crippen MR) is 59.8 cm³/mol. The molecule has 0 aromatic heterocycles. The van der Waals surface area contributed by atoms with Crippen molar-refractivity contribution in [3.05, 3.63) is 40.8 Å². The lowest BCUT2D eigenvalue weighted by atomic mass is 10.4. The summed E-state index contributed by atoms with van der Waals surface area (Å²) in [7, 11) is -2.45. The summed E-state index contributed by atoms with van der Waals surface area (Å²) in [5, 5.41) is 1.23. The molecule has 0 saturated heterocycles. The van der Waals surface area contributed by atoms with Crippen LogP contribution in [-0.2, 0) is 19.4 Å². The highest BCUT2D eigenvalue weighted by atomic mass is 35.5. The Hall–Kier alpha value is -1.33. The van der Waals surface area contributed by atoms with Crippen molar-refractivity contribution >= 4 is 27.4 Å². The molecule has 86 valence electrons. The van der Waals surface area contributed by atoms with Gasteiger partial charge in [0.1, 0.15) is 0 Å². The van der Waals surface area contributed by atoms with Crippen molar-refractivity contribution in [1.29, 1.82) is 0 Å². The van der Waals surface area contributed by atoms with E-state index in [1.165, 1.54) is 31.4 Å². The Morgan fingerprint density at radius 3 is 2.38 bits per heavy atom. The molecule has 0 atom stereocenters. The molecule has 1 aromatic carbocycles. The van der Waals surface area contributed by atoms with Crippen LogP contribution in [0.4, 0.5) is 0 Å². The third-order valence-electron chi connectivity index (χ3n) is 1.73. The number of hydrogen-bond donors (Lipinski definition) is 0. The molecule has 0 bridgehead atoms. The second-order valence-corrected chi connectivity index (χ2v) is 5.09. The standard InChI is InChI=1S/C10H9ClO4S/c1-15-10(12)6-7-16(13,14)9-4-2-8(11)3-5-9/h2-7H,1H3/b7-6+. The van der Waals surface area contributed by atoms with E-state index in [9.17, 15) is 13.2 Å². The lowest BCUT2D eigenvalue weighted by molar-refractivity contribution is -0.134. The van der Waals surface area contributed by atoms with Crippen LogP contribution in [0.1, 0.15) is 0 Å². The summed E-state index contributed by atoms with van der Waals surface area (Å²) in [4.78, 5) is 10.8. The molecule has 1 rings (SSSR count). The van der Waals surface area contributed by atoms with Crippen molar-refractivity contribution in [2.45, 2.75) is 4.90 Å². The quantitative estimate of drug-likeness (QED) is 0.614. The van der Waals surface area contributed by atoms with Gasteiger partial charge in [-0.1, -0.05) is 11.6 Å². The maximum atomic E-state index is 11.6.